The Balaban J connectivity index is 1.96. The first kappa shape index (κ1) is 20.3. The van der Waals surface area contributed by atoms with Gasteiger partial charge in [-0.3, -0.25) is 4.79 Å². The van der Waals surface area contributed by atoms with Crippen LogP contribution in [0.1, 0.15) is 24.1 Å². The summed E-state index contributed by atoms with van der Waals surface area (Å²) in [5.41, 5.74) is -1.33. The zero-order chi connectivity index (χ0) is 21.3. The first-order chi connectivity index (χ1) is 13.6. The molecule has 152 valence electrons. The number of hydrogen-bond donors (Lipinski definition) is 3. The van der Waals surface area contributed by atoms with Gasteiger partial charge in [0.05, 0.1) is 17.2 Å². The molecule has 0 spiro atoms. The van der Waals surface area contributed by atoms with Gasteiger partial charge in [0.25, 0.3) is 5.91 Å². The Morgan fingerprint density at radius 1 is 1.10 bits per heavy atom. The van der Waals surface area contributed by atoms with Gasteiger partial charge in [0.2, 0.25) is 0 Å². The van der Waals surface area contributed by atoms with E-state index in [0.717, 1.165) is 30.3 Å². The van der Waals surface area contributed by atoms with Gasteiger partial charge in [-0.2, -0.15) is 13.2 Å². The van der Waals surface area contributed by atoms with Gasteiger partial charge < -0.3 is 16.0 Å². The summed E-state index contributed by atoms with van der Waals surface area (Å²) >= 11 is 0. The van der Waals surface area contributed by atoms with E-state index in [9.17, 15) is 31.5 Å². The maximum absolute atomic E-state index is 14.2. The second-order valence-electron chi connectivity index (χ2n) is 6.27. The molecule has 1 atom stereocenters. The molecule has 1 heterocycles. The van der Waals surface area contributed by atoms with Crippen LogP contribution in [0.3, 0.4) is 0 Å². The molecule has 0 unspecified atom stereocenters. The third-order valence-corrected chi connectivity index (χ3v) is 4.24. The molecular weight excluding hydrogens is 397 g/mol. The number of rotatable bonds is 3. The molecule has 29 heavy (non-hydrogen) atoms. The lowest BCUT2D eigenvalue weighted by Gasteiger charge is -2.29. The molecule has 10 heteroatoms. The summed E-state index contributed by atoms with van der Waals surface area (Å²) in [4.78, 5) is 24.6. The molecule has 1 aliphatic rings. The second kappa shape index (κ2) is 7.53. The zero-order valence-electron chi connectivity index (χ0n) is 14.8. The highest BCUT2D eigenvalue weighted by molar-refractivity contribution is 6.06. The van der Waals surface area contributed by atoms with Gasteiger partial charge in [-0.15, -0.1) is 0 Å². The normalized spacial score (nSPS) is 16.9. The van der Waals surface area contributed by atoms with Crippen LogP contribution < -0.4 is 16.0 Å². The minimum atomic E-state index is -4.60. The average molecular weight is 411 g/mol. The van der Waals surface area contributed by atoms with Crippen LogP contribution in [0.5, 0.6) is 0 Å². The number of urea groups is 1. The van der Waals surface area contributed by atoms with Crippen molar-refractivity contribution >= 4 is 17.6 Å². The van der Waals surface area contributed by atoms with Crippen LogP contribution in [0.25, 0.3) is 0 Å². The summed E-state index contributed by atoms with van der Waals surface area (Å²) in [5.74, 6) is -2.69. The second-order valence-corrected chi connectivity index (χ2v) is 6.27. The lowest BCUT2D eigenvalue weighted by atomic mass is 9.94. The van der Waals surface area contributed by atoms with E-state index < -0.39 is 41.4 Å². The van der Waals surface area contributed by atoms with Gasteiger partial charge in [-0.1, -0.05) is 12.1 Å². The summed E-state index contributed by atoms with van der Waals surface area (Å²) in [6, 6.07) is 4.62. The molecule has 0 aromatic heterocycles. The Hall–Kier alpha value is -3.43. The largest absolute Gasteiger partial charge is 0.416 e. The average Bonchev–Trinajstić information content (AvgIpc) is 2.60. The van der Waals surface area contributed by atoms with Gasteiger partial charge in [-0.05, 0) is 31.2 Å². The number of halogens is 5. The number of allylic oxidation sites excluding steroid dienone is 1. The minimum Gasteiger partial charge on any atom is -0.327 e. The van der Waals surface area contributed by atoms with Crippen molar-refractivity contribution in [1.29, 1.82) is 0 Å². The molecule has 0 saturated carbocycles. The van der Waals surface area contributed by atoms with Crippen LogP contribution in [-0.4, -0.2) is 11.9 Å². The van der Waals surface area contributed by atoms with Crippen LogP contribution in [0.15, 0.2) is 53.7 Å². The number of anilines is 1. The van der Waals surface area contributed by atoms with E-state index in [1.165, 1.54) is 13.0 Å². The molecule has 0 fully saturated rings. The van der Waals surface area contributed by atoms with Crippen molar-refractivity contribution in [3.8, 4) is 0 Å². The molecule has 1 aliphatic heterocycles. The number of carbonyl (C=O) groups is 2. The molecule has 0 saturated heterocycles. The van der Waals surface area contributed by atoms with E-state index in [4.69, 9.17) is 0 Å². The van der Waals surface area contributed by atoms with Crippen molar-refractivity contribution in [1.82, 2.24) is 10.6 Å². The van der Waals surface area contributed by atoms with E-state index in [0.29, 0.717) is 6.07 Å². The number of hydrogen-bond acceptors (Lipinski definition) is 2. The van der Waals surface area contributed by atoms with Crippen molar-refractivity contribution in [2.75, 3.05) is 5.32 Å². The first-order valence-corrected chi connectivity index (χ1v) is 8.28. The quantitative estimate of drug-likeness (QED) is 0.661. The fourth-order valence-corrected chi connectivity index (χ4v) is 2.94. The lowest BCUT2D eigenvalue weighted by Crippen LogP contribution is -2.46. The Kier molecular flexibility index (Phi) is 5.27. The third-order valence-electron chi connectivity index (χ3n) is 4.24. The Bertz CT molecular complexity index is 1020. The highest BCUT2D eigenvalue weighted by Crippen LogP contribution is 2.32. The molecule has 3 rings (SSSR count). The van der Waals surface area contributed by atoms with Crippen LogP contribution in [0.4, 0.5) is 32.4 Å². The van der Waals surface area contributed by atoms with E-state index in [-0.39, 0.29) is 22.5 Å². The fraction of sp³-hybridized carbons (Fsp3) is 0.158. The van der Waals surface area contributed by atoms with Crippen LogP contribution in [0, 0.1) is 11.6 Å². The topological polar surface area (TPSA) is 70.2 Å². The van der Waals surface area contributed by atoms with Gasteiger partial charge in [0.1, 0.15) is 11.6 Å². The fourth-order valence-electron chi connectivity index (χ4n) is 2.94. The molecule has 0 aliphatic carbocycles. The molecule has 5 nitrogen and oxygen atoms in total. The highest BCUT2D eigenvalue weighted by Gasteiger charge is 2.34. The van der Waals surface area contributed by atoms with Crippen molar-refractivity contribution < 1.29 is 31.5 Å². The maximum atomic E-state index is 14.2. The van der Waals surface area contributed by atoms with Gasteiger partial charge in [0, 0.05) is 23.0 Å². The summed E-state index contributed by atoms with van der Waals surface area (Å²) in [5, 5.41) is 7.03. The number of benzene rings is 2. The standard InChI is InChI=1S/C19H14F5N3O2/c1-9-15(17(28)26-12-4-2-3-10(7-12)19(22,23)24)16(27-18(29)25-9)13-6-5-11(20)8-14(13)21/h2-8,16H,1H3,(H,26,28)(H2,25,27,29)/t16-/m0/s1. The number of alkyl halides is 3. The summed E-state index contributed by atoms with van der Waals surface area (Å²) in [7, 11) is 0. The Morgan fingerprint density at radius 3 is 2.48 bits per heavy atom. The highest BCUT2D eigenvalue weighted by atomic mass is 19.4. The number of nitrogens with one attached hydrogen (secondary N) is 3. The smallest absolute Gasteiger partial charge is 0.327 e. The molecule has 2 aromatic carbocycles. The summed E-state index contributed by atoms with van der Waals surface area (Å²) in [6.07, 6.45) is -4.60. The molecular formula is C19H14F5N3O2. The number of amides is 3. The maximum Gasteiger partial charge on any atom is 0.416 e. The molecule has 0 bridgehead atoms. The summed E-state index contributed by atoms with van der Waals surface area (Å²) in [6.45, 7) is 1.38. The Labute approximate surface area is 161 Å². The van der Waals surface area contributed by atoms with Gasteiger partial charge >= 0.3 is 12.2 Å². The van der Waals surface area contributed by atoms with Crippen molar-refractivity contribution in [3.05, 3.63) is 76.5 Å². The zero-order valence-corrected chi connectivity index (χ0v) is 14.8. The predicted octanol–water partition coefficient (Wildman–Crippen LogP) is 4.25. The predicted molar refractivity (Wildman–Crippen MR) is 93.5 cm³/mol. The minimum absolute atomic E-state index is 0.0759. The lowest BCUT2D eigenvalue weighted by molar-refractivity contribution is -0.137. The summed E-state index contributed by atoms with van der Waals surface area (Å²) < 4.78 is 66.1. The molecule has 3 amide bonds. The van der Waals surface area contributed by atoms with E-state index in [1.807, 2.05) is 0 Å². The first-order valence-electron chi connectivity index (χ1n) is 8.28. The molecule has 0 radical (unpaired) electrons. The van der Waals surface area contributed by atoms with Crippen molar-refractivity contribution in [2.45, 2.75) is 19.1 Å². The van der Waals surface area contributed by atoms with Gasteiger partial charge in [-0.25, -0.2) is 13.6 Å². The van der Waals surface area contributed by atoms with Gasteiger partial charge in [0.15, 0.2) is 0 Å². The Morgan fingerprint density at radius 2 is 1.83 bits per heavy atom. The van der Waals surface area contributed by atoms with E-state index in [2.05, 4.69) is 16.0 Å². The van der Waals surface area contributed by atoms with Crippen LogP contribution >= 0.6 is 0 Å². The SMILES string of the molecule is CC1=C(C(=O)Nc2cccc(C(F)(F)F)c2)[C@H](c2ccc(F)cc2F)NC(=O)N1. The van der Waals surface area contributed by atoms with Crippen LogP contribution in [-0.2, 0) is 11.0 Å². The molecule has 3 N–H and O–H groups in total. The third kappa shape index (κ3) is 4.36. The number of carbonyl (C=O) groups excluding carboxylic acids is 2. The van der Waals surface area contributed by atoms with Crippen molar-refractivity contribution in [3.63, 3.8) is 0 Å². The monoisotopic (exact) mass is 411 g/mol. The van der Waals surface area contributed by atoms with Crippen molar-refractivity contribution in [2.24, 2.45) is 0 Å². The van der Waals surface area contributed by atoms with E-state index in [1.54, 1.807) is 0 Å². The van der Waals surface area contributed by atoms with E-state index >= 15 is 0 Å². The van der Waals surface area contributed by atoms with Crippen LogP contribution in [0.2, 0.25) is 0 Å². The molecule has 2 aromatic rings.